The molecule has 0 aliphatic carbocycles. The average Bonchev–Trinajstić information content (AvgIpc) is 2.99. The van der Waals surface area contributed by atoms with E-state index < -0.39 is 10.1 Å². The van der Waals surface area contributed by atoms with Crippen LogP contribution >= 0.6 is 11.3 Å². The minimum atomic E-state index is -4.14. The van der Waals surface area contributed by atoms with Gasteiger partial charge in [0.25, 0.3) is 0 Å². The zero-order valence-electron chi connectivity index (χ0n) is 15.7. The molecule has 0 fully saturated rings. The first-order valence-electron chi connectivity index (χ1n) is 8.84. The van der Waals surface area contributed by atoms with Gasteiger partial charge >= 0.3 is 0 Å². The van der Waals surface area contributed by atoms with Gasteiger partial charge < -0.3 is 4.55 Å². The van der Waals surface area contributed by atoms with Crippen molar-refractivity contribution in [1.82, 2.24) is 0 Å². The van der Waals surface area contributed by atoms with Crippen molar-refractivity contribution in [3.63, 3.8) is 0 Å². The van der Waals surface area contributed by atoms with E-state index in [9.17, 15) is 13.0 Å². The van der Waals surface area contributed by atoms with Crippen molar-refractivity contribution in [3.8, 4) is 20.9 Å². The van der Waals surface area contributed by atoms with Crippen LogP contribution < -0.4 is 4.57 Å². The molecule has 3 aromatic rings. The molecule has 0 unspecified atom stereocenters. The van der Waals surface area contributed by atoms with Crippen molar-refractivity contribution in [2.45, 2.75) is 41.2 Å². The van der Waals surface area contributed by atoms with E-state index in [-0.39, 0.29) is 13.2 Å². The van der Waals surface area contributed by atoms with Gasteiger partial charge in [-0.1, -0.05) is 25.6 Å². The van der Waals surface area contributed by atoms with Gasteiger partial charge in [-0.05, 0) is 49.1 Å². The highest BCUT2D eigenvalue weighted by Crippen LogP contribution is 2.38. The van der Waals surface area contributed by atoms with E-state index >= 15 is 0 Å². The molecule has 28 heavy (non-hydrogen) atoms. The number of aromatic nitrogens is 1. The number of thiophene rings is 1. The van der Waals surface area contributed by atoms with Crippen LogP contribution in [-0.2, 0) is 16.7 Å². The number of rotatable bonds is 6. The molecule has 3 rings (SSSR count). The molecule has 0 saturated heterocycles. The molecule has 0 bridgehead atoms. The molecule has 0 radical (unpaired) electrons. The standard InChI is InChI=1S/C21H23NO3S2.CH4/c1-15-5-6-19(13-16(15)2)21-17(3)14-20(26-21)18-7-10-22(11-8-18)9-4-12-27(23,24)25;/h5-8,10-11,13-14H,4,9,12H2,1-3H3;1H4. The average molecular weight is 418 g/mol. The number of aryl methyl sites for hydroxylation is 4. The molecule has 4 nitrogen and oxygen atoms in total. The molecule has 1 aromatic carbocycles. The third kappa shape index (κ3) is 5.50. The van der Waals surface area contributed by atoms with Crippen molar-refractivity contribution < 1.29 is 17.5 Å². The Bertz CT molecular complexity index is 1050. The van der Waals surface area contributed by atoms with Gasteiger partial charge in [0, 0.05) is 39.6 Å². The predicted molar refractivity (Wildman–Crippen MR) is 116 cm³/mol. The Kier molecular flexibility index (Phi) is 7.15. The van der Waals surface area contributed by atoms with Crippen LogP contribution in [0.3, 0.4) is 0 Å². The van der Waals surface area contributed by atoms with Gasteiger partial charge in [-0.2, -0.15) is 0 Å². The lowest BCUT2D eigenvalue weighted by Crippen LogP contribution is -2.33. The maximum atomic E-state index is 10.7. The zero-order valence-corrected chi connectivity index (χ0v) is 17.4. The molecular formula is C22H27NO3S2. The van der Waals surface area contributed by atoms with Crippen LogP contribution in [0.2, 0.25) is 0 Å². The molecule has 0 spiro atoms. The summed E-state index contributed by atoms with van der Waals surface area (Å²) < 4.78 is 34.0. The van der Waals surface area contributed by atoms with Gasteiger partial charge in [0.2, 0.25) is 0 Å². The van der Waals surface area contributed by atoms with Gasteiger partial charge in [0.15, 0.2) is 12.4 Å². The Balaban J connectivity index is 0.00000280. The maximum Gasteiger partial charge on any atom is 0.169 e. The van der Waals surface area contributed by atoms with Crippen LogP contribution in [-0.4, -0.2) is 18.7 Å². The Labute approximate surface area is 172 Å². The fourth-order valence-corrected chi connectivity index (χ4v) is 4.65. The van der Waals surface area contributed by atoms with Crippen LogP contribution in [0.1, 0.15) is 30.5 Å². The molecule has 0 amide bonds. The summed E-state index contributed by atoms with van der Waals surface area (Å²) in [4.78, 5) is 2.49. The van der Waals surface area contributed by atoms with Crippen molar-refractivity contribution in [2.75, 3.05) is 5.75 Å². The summed E-state index contributed by atoms with van der Waals surface area (Å²) in [6.07, 6.45) is 4.18. The van der Waals surface area contributed by atoms with Crippen molar-refractivity contribution in [3.05, 3.63) is 65.5 Å². The first-order valence-corrected chi connectivity index (χ1v) is 11.2. The smallest absolute Gasteiger partial charge is 0.169 e. The summed E-state index contributed by atoms with van der Waals surface area (Å²) in [5.41, 5.74) is 6.23. The summed E-state index contributed by atoms with van der Waals surface area (Å²) in [6, 6.07) is 12.8. The highest BCUT2D eigenvalue weighted by Gasteiger charge is 2.11. The lowest BCUT2D eigenvalue weighted by Gasteiger charge is -2.04. The predicted octanol–water partition coefficient (Wildman–Crippen LogP) is 4.87. The van der Waals surface area contributed by atoms with Crippen LogP contribution in [0.25, 0.3) is 20.9 Å². The molecule has 0 atom stereocenters. The van der Waals surface area contributed by atoms with Crippen molar-refractivity contribution in [2.24, 2.45) is 0 Å². The summed E-state index contributed by atoms with van der Waals surface area (Å²) in [5.74, 6) is -0.328. The summed E-state index contributed by atoms with van der Waals surface area (Å²) >= 11 is 1.78. The van der Waals surface area contributed by atoms with Gasteiger partial charge in [0.1, 0.15) is 6.54 Å². The van der Waals surface area contributed by atoms with E-state index in [0.29, 0.717) is 13.0 Å². The van der Waals surface area contributed by atoms with E-state index in [1.54, 1.807) is 11.3 Å². The summed E-state index contributed by atoms with van der Waals surface area (Å²) in [6.45, 7) is 6.91. The number of nitrogens with zero attached hydrogens (tertiary/aromatic N) is 1. The highest BCUT2D eigenvalue weighted by atomic mass is 32.2. The van der Waals surface area contributed by atoms with E-state index in [0.717, 1.165) is 5.56 Å². The largest absolute Gasteiger partial charge is 0.748 e. The third-order valence-corrected chi connectivity index (χ3v) is 6.80. The third-order valence-electron chi connectivity index (χ3n) is 4.67. The molecule has 6 heteroatoms. The second-order valence-corrected chi connectivity index (χ2v) is 9.44. The monoisotopic (exact) mass is 417 g/mol. The fourth-order valence-electron chi connectivity index (χ4n) is 2.99. The molecule has 2 heterocycles. The molecule has 150 valence electrons. The Hall–Kier alpha value is -2.02. The second kappa shape index (κ2) is 8.99. The minimum Gasteiger partial charge on any atom is -0.748 e. The van der Waals surface area contributed by atoms with Crippen LogP contribution in [0.5, 0.6) is 0 Å². The van der Waals surface area contributed by atoms with Crippen LogP contribution in [0, 0.1) is 20.8 Å². The summed E-state index contributed by atoms with van der Waals surface area (Å²) in [7, 11) is -4.14. The molecule has 0 N–H and O–H groups in total. The molecular weight excluding hydrogens is 390 g/mol. The molecule has 0 aliphatic rings. The topological polar surface area (TPSA) is 61.1 Å². The molecule has 0 saturated carbocycles. The highest BCUT2D eigenvalue weighted by molar-refractivity contribution is 7.85. The Morgan fingerprint density at radius 3 is 2.21 bits per heavy atom. The lowest BCUT2D eigenvalue weighted by molar-refractivity contribution is -0.696. The SMILES string of the molecule is C.Cc1ccc(-c2sc(-c3cc[n+](CCCS(=O)(=O)[O-])cc3)cc2C)cc1C. The molecule has 2 aromatic heterocycles. The van der Waals surface area contributed by atoms with Gasteiger partial charge in [-0.25, -0.2) is 13.0 Å². The second-order valence-electron chi connectivity index (χ2n) is 6.86. The zero-order chi connectivity index (χ0) is 19.6. The lowest BCUT2D eigenvalue weighted by atomic mass is 10.0. The number of hydrogen-bond acceptors (Lipinski definition) is 4. The number of benzene rings is 1. The molecule has 0 aliphatic heterocycles. The van der Waals surface area contributed by atoms with E-state index in [4.69, 9.17) is 0 Å². The van der Waals surface area contributed by atoms with Gasteiger partial charge in [0.05, 0.1) is 10.1 Å². The first-order chi connectivity index (χ1) is 12.7. The maximum absolute atomic E-state index is 10.7. The Morgan fingerprint density at radius 2 is 1.61 bits per heavy atom. The van der Waals surface area contributed by atoms with Crippen molar-refractivity contribution >= 4 is 21.5 Å². The normalized spacial score (nSPS) is 11.3. The quantitative estimate of drug-likeness (QED) is 0.425. The van der Waals surface area contributed by atoms with Crippen LogP contribution in [0.15, 0.2) is 48.8 Å². The number of hydrogen-bond donors (Lipinski definition) is 0. The van der Waals surface area contributed by atoms with Crippen LogP contribution in [0.4, 0.5) is 0 Å². The van der Waals surface area contributed by atoms with E-state index in [1.807, 2.05) is 29.1 Å². The van der Waals surface area contributed by atoms with E-state index in [1.165, 1.54) is 32.0 Å². The van der Waals surface area contributed by atoms with Gasteiger partial charge in [-0.15, -0.1) is 11.3 Å². The summed E-state index contributed by atoms with van der Waals surface area (Å²) in [5, 5.41) is 0. The minimum absolute atomic E-state index is 0. The van der Waals surface area contributed by atoms with Gasteiger partial charge in [-0.3, -0.25) is 0 Å². The van der Waals surface area contributed by atoms with Crippen molar-refractivity contribution in [1.29, 1.82) is 0 Å². The first kappa shape index (κ1) is 22.3. The Morgan fingerprint density at radius 1 is 0.929 bits per heavy atom. The van der Waals surface area contributed by atoms with E-state index in [2.05, 4.69) is 45.0 Å². The number of pyridine rings is 1. The fraction of sp³-hybridized carbons (Fsp3) is 0.318.